The van der Waals surface area contributed by atoms with Crippen LogP contribution >= 0.6 is 11.6 Å². The molecule has 0 fully saturated rings. The van der Waals surface area contributed by atoms with Crippen molar-refractivity contribution in [2.24, 2.45) is 0 Å². The van der Waals surface area contributed by atoms with E-state index in [0.29, 0.717) is 17.5 Å². The van der Waals surface area contributed by atoms with Gasteiger partial charge in [-0.1, -0.05) is 19.1 Å². The van der Waals surface area contributed by atoms with E-state index in [-0.39, 0.29) is 18.2 Å². The number of benzene rings is 1. The Kier molecular flexibility index (Phi) is 4.68. The lowest BCUT2D eigenvalue weighted by Crippen LogP contribution is -2.42. The number of hydrogen-bond donors (Lipinski definition) is 0. The molecule has 0 N–H and O–H groups in total. The molecule has 0 aromatic heterocycles. The molecule has 0 bridgehead atoms. The van der Waals surface area contributed by atoms with Gasteiger partial charge < -0.3 is 0 Å². The maximum Gasteiger partial charge on any atom is 0.261 e. The number of carbonyl (C=O) groups is 2. The van der Waals surface area contributed by atoms with Gasteiger partial charge in [0.1, 0.15) is 0 Å². The van der Waals surface area contributed by atoms with Gasteiger partial charge in [-0.2, -0.15) is 0 Å². The average Bonchev–Trinajstić information content (AvgIpc) is 2.69. The highest BCUT2D eigenvalue weighted by Gasteiger charge is 2.38. The number of fused-ring (bicyclic) bond motifs is 1. The third-order valence-electron chi connectivity index (χ3n) is 3.43. The molecule has 2 amide bonds. The topological polar surface area (TPSA) is 71.5 Å². The summed E-state index contributed by atoms with van der Waals surface area (Å²) < 4.78 is 24.2. The first kappa shape index (κ1) is 16.0. The summed E-state index contributed by atoms with van der Waals surface area (Å²) in [5.41, 5.74) is 0.618. The molecule has 114 valence electrons. The van der Waals surface area contributed by atoms with Crippen LogP contribution in [0, 0.1) is 0 Å². The van der Waals surface area contributed by atoms with Crippen LogP contribution < -0.4 is 0 Å². The summed E-state index contributed by atoms with van der Waals surface area (Å²) in [5.74, 6) is -1.07. The van der Waals surface area contributed by atoms with Crippen molar-refractivity contribution in [3.8, 4) is 0 Å². The van der Waals surface area contributed by atoms with Gasteiger partial charge in [0.2, 0.25) is 0 Å². The maximum atomic E-state index is 12.2. The molecular formula is C14H16ClNO4S. The zero-order chi connectivity index (χ0) is 15.6. The molecular weight excluding hydrogens is 314 g/mol. The molecule has 7 heteroatoms. The van der Waals surface area contributed by atoms with Crippen LogP contribution in [-0.4, -0.2) is 48.6 Å². The van der Waals surface area contributed by atoms with E-state index in [0.717, 1.165) is 4.90 Å². The summed E-state index contributed by atoms with van der Waals surface area (Å²) in [7, 11) is -3.42. The Bertz CT molecular complexity index is 636. The van der Waals surface area contributed by atoms with Gasteiger partial charge >= 0.3 is 0 Å². The van der Waals surface area contributed by atoms with Crippen molar-refractivity contribution in [2.75, 3.05) is 18.2 Å². The number of nitrogens with zero attached hydrogens (tertiary/aromatic N) is 1. The minimum atomic E-state index is -3.42. The average molecular weight is 330 g/mol. The second-order valence-corrected chi connectivity index (χ2v) is 7.62. The number of sulfone groups is 1. The van der Waals surface area contributed by atoms with E-state index in [1.807, 2.05) is 0 Å². The molecule has 0 unspecified atom stereocenters. The minimum Gasteiger partial charge on any atom is -0.273 e. The highest BCUT2D eigenvalue weighted by Crippen LogP contribution is 2.23. The van der Waals surface area contributed by atoms with Gasteiger partial charge in [-0.05, 0) is 18.6 Å². The number of imide groups is 1. The van der Waals surface area contributed by atoms with Gasteiger partial charge in [0, 0.05) is 12.4 Å². The molecule has 0 radical (unpaired) electrons. The summed E-state index contributed by atoms with van der Waals surface area (Å²) in [6.07, 6.45) is 0.470. The number of amides is 2. The molecule has 1 aromatic rings. The third kappa shape index (κ3) is 2.96. The lowest BCUT2D eigenvalue weighted by atomic mass is 10.1. The Balaban J connectivity index is 2.25. The van der Waals surface area contributed by atoms with Crippen molar-refractivity contribution in [3.63, 3.8) is 0 Å². The van der Waals surface area contributed by atoms with E-state index in [1.165, 1.54) is 0 Å². The Hall–Kier alpha value is -1.40. The van der Waals surface area contributed by atoms with Crippen LogP contribution in [0.1, 0.15) is 34.1 Å². The van der Waals surface area contributed by atoms with Crippen molar-refractivity contribution >= 4 is 33.3 Å². The molecule has 1 heterocycles. The lowest BCUT2D eigenvalue weighted by molar-refractivity contribution is 0.0656. The van der Waals surface area contributed by atoms with Crippen molar-refractivity contribution < 1.29 is 18.0 Å². The van der Waals surface area contributed by atoms with E-state index < -0.39 is 26.9 Å². The predicted octanol–water partition coefficient (Wildman–Crippen LogP) is 1.71. The number of hydrogen-bond acceptors (Lipinski definition) is 4. The minimum absolute atomic E-state index is 0.00639. The first-order valence-corrected chi connectivity index (χ1v) is 8.90. The highest BCUT2D eigenvalue weighted by molar-refractivity contribution is 7.92. The van der Waals surface area contributed by atoms with Gasteiger partial charge in [-0.25, -0.2) is 8.42 Å². The number of rotatable bonds is 6. The smallest absolute Gasteiger partial charge is 0.261 e. The summed E-state index contributed by atoms with van der Waals surface area (Å²) in [6, 6.07) is 6.46. The maximum absolute atomic E-state index is 12.2. The Morgan fingerprint density at radius 3 is 2.10 bits per heavy atom. The predicted molar refractivity (Wildman–Crippen MR) is 80.4 cm³/mol. The fraction of sp³-hybridized carbons (Fsp3) is 0.429. The van der Waals surface area contributed by atoms with E-state index in [9.17, 15) is 18.0 Å². The summed E-state index contributed by atoms with van der Waals surface area (Å²) in [5, 5.41) is -0.929. The van der Waals surface area contributed by atoms with Crippen molar-refractivity contribution in [1.29, 1.82) is 0 Å². The second-order valence-electron chi connectivity index (χ2n) is 4.91. The van der Waals surface area contributed by atoms with Crippen LogP contribution in [0.25, 0.3) is 0 Å². The summed E-state index contributed by atoms with van der Waals surface area (Å²) >= 11 is 5.74. The van der Waals surface area contributed by atoms with Gasteiger partial charge in [0.15, 0.2) is 9.84 Å². The van der Waals surface area contributed by atoms with Gasteiger partial charge in [0.25, 0.3) is 11.8 Å². The second kappa shape index (κ2) is 6.15. The van der Waals surface area contributed by atoms with Crippen LogP contribution in [0.5, 0.6) is 0 Å². The van der Waals surface area contributed by atoms with Gasteiger partial charge in [0.05, 0.1) is 22.1 Å². The van der Waals surface area contributed by atoms with Crippen molar-refractivity contribution in [2.45, 2.75) is 18.6 Å². The molecule has 0 saturated heterocycles. The van der Waals surface area contributed by atoms with Gasteiger partial charge in [-0.3, -0.25) is 14.5 Å². The fourth-order valence-corrected chi connectivity index (χ4v) is 4.46. The molecule has 1 aliphatic rings. The number of halogens is 1. The molecule has 5 nitrogen and oxygen atoms in total. The molecule has 1 aromatic carbocycles. The monoisotopic (exact) mass is 329 g/mol. The number of carbonyl (C=O) groups excluding carboxylic acids is 2. The third-order valence-corrected chi connectivity index (χ3v) is 6.30. The Labute approximate surface area is 128 Å². The van der Waals surface area contributed by atoms with Crippen LogP contribution in [0.2, 0.25) is 0 Å². The first-order chi connectivity index (χ1) is 9.92. The molecule has 0 aliphatic carbocycles. The number of alkyl halides is 1. The van der Waals surface area contributed by atoms with Crippen molar-refractivity contribution in [1.82, 2.24) is 4.90 Å². The molecule has 0 spiro atoms. The van der Waals surface area contributed by atoms with Crippen LogP contribution in [0.3, 0.4) is 0 Å². The van der Waals surface area contributed by atoms with Gasteiger partial charge in [-0.15, -0.1) is 11.6 Å². The summed E-state index contributed by atoms with van der Waals surface area (Å²) in [6.45, 7) is 1.56. The van der Waals surface area contributed by atoms with Crippen molar-refractivity contribution in [3.05, 3.63) is 35.4 Å². The summed E-state index contributed by atoms with van der Waals surface area (Å²) in [4.78, 5) is 25.4. The molecule has 21 heavy (non-hydrogen) atoms. The highest BCUT2D eigenvalue weighted by atomic mass is 35.5. The van der Waals surface area contributed by atoms with E-state index in [1.54, 1.807) is 31.2 Å². The van der Waals surface area contributed by atoms with E-state index in [4.69, 9.17) is 11.6 Å². The fourth-order valence-electron chi connectivity index (χ4n) is 2.32. The van der Waals surface area contributed by atoms with E-state index in [2.05, 4.69) is 0 Å². The molecule has 2 rings (SSSR count). The molecule has 1 atom stereocenters. The Morgan fingerprint density at radius 1 is 1.14 bits per heavy atom. The van der Waals surface area contributed by atoms with Crippen LogP contribution in [-0.2, 0) is 9.84 Å². The SMILES string of the molecule is CCCS(=O)(=O)[C@H](CCl)CN1C(=O)c2ccccc2C1=O. The van der Waals surface area contributed by atoms with E-state index >= 15 is 0 Å². The Morgan fingerprint density at radius 2 is 1.67 bits per heavy atom. The molecule has 1 aliphatic heterocycles. The standard InChI is InChI=1S/C14H16ClNO4S/c1-2-7-21(19,20)10(8-15)9-16-13(17)11-5-3-4-6-12(11)14(16)18/h3-6,10H,2,7-9H2,1H3/t10-/m1/s1. The normalized spacial score (nSPS) is 16.2. The van der Waals surface area contributed by atoms with Crippen LogP contribution in [0.4, 0.5) is 0 Å². The quantitative estimate of drug-likeness (QED) is 0.588. The molecule has 0 saturated carbocycles. The lowest BCUT2D eigenvalue weighted by Gasteiger charge is -2.20. The first-order valence-electron chi connectivity index (χ1n) is 6.65. The largest absolute Gasteiger partial charge is 0.273 e. The zero-order valence-electron chi connectivity index (χ0n) is 11.6. The zero-order valence-corrected chi connectivity index (χ0v) is 13.2. The van der Waals surface area contributed by atoms with Crippen LogP contribution in [0.15, 0.2) is 24.3 Å².